The number of aliphatic hydroxyl groups excluding tert-OH is 1. The Morgan fingerprint density at radius 3 is 2.85 bits per heavy atom. The number of ether oxygens (including phenoxy) is 1. The standard InChI is InChI=1S/C19H22N4O4/c1-26-17-9-15-13(8-16(17)21-18(25)19-20-6-7-27-19)10-23(22-15)14-4-2-12(11-24)3-5-14/h6-10,12,14,24H,2-5,11H2,1H3,(H,21,25)/t12-,14-. The molecule has 1 saturated carbocycles. The second-order valence-corrected chi connectivity index (χ2v) is 6.87. The zero-order valence-electron chi connectivity index (χ0n) is 15.1. The molecule has 0 aliphatic heterocycles. The van der Waals surface area contributed by atoms with E-state index >= 15 is 0 Å². The number of methoxy groups -OCH3 is 1. The molecule has 1 aliphatic carbocycles. The average molecular weight is 370 g/mol. The number of fused-ring (bicyclic) bond motifs is 1. The van der Waals surface area contributed by atoms with E-state index in [2.05, 4.69) is 10.3 Å². The lowest BCUT2D eigenvalue weighted by Crippen LogP contribution is -2.20. The van der Waals surface area contributed by atoms with Crippen LogP contribution in [0.4, 0.5) is 5.69 Å². The third kappa shape index (κ3) is 3.52. The van der Waals surface area contributed by atoms with Crippen LogP contribution in [0.25, 0.3) is 10.9 Å². The van der Waals surface area contributed by atoms with Gasteiger partial charge in [0.05, 0.1) is 30.6 Å². The van der Waals surface area contributed by atoms with Gasteiger partial charge in [0.15, 0.2) is 0 Å². The Hall–Kier alpha value is -2.87. The van der Waals surface area contributed by atoms with E-state index in [9.17, 15) is 9.90 Å². The van der Waals surface area contributed by atoms with Crippen molar-refractivity contribution in [1.82, 2.24) is 14.8 Å². The molecule has 0 saturated heterocycles. The molecule has 2 heterocycles. The Balaban J connectivity index is 1.59. The first-order valence-corrected chi connectivity index (χ1v) is 9.06. The normalized spacial score (nSPS) is 19.9. The number of nitrogens with zero attached hydrogens (tertiary/aromatic N) is 3. The molecule has 1 aliphatic rings. The number of nitrogens with one attached hydrogen (secondary N) is 1. The van der Waals surface area contributed by atoms with Gasteiger partial charge in [-0.2, -0.15) is 5.10 Å². The first-order chi connectivity index (χ1) is 13.2. The fourth-order valence-corrected chi connectivity index (χ4v) is 3.63. The minimum Gasteiger partial charge on any atom is -0.494 e. The predicted molar refractivity (Wildman–Crippen MR) is 98.8 cm³/mol. The number of rotatable bonds is 5. The summed E-state index contributed by atoms with van der Waals surface area (Å²) >= 11 is 0. The Morgan fingerprint density at radius 1 is 1.37 bits per heavy atom. The van der Waals surface area contributed by atoms with Crippen molar-refractivity contribution in [1.29, 1.82) is 0 Å². The molecule has 0 unspecified atom stereocenters. The number of carbonyl (C=O) groups excluding carboxylic acids is 1. The third-order valence-corrected chi connectivity index (χ3v) is 5.17. The third-order valence-electron chi connectivity index (χ3n) is 5.17. The summed E-state index contributed by atoms with van der Waals surface area (Å²) < 4.78 is 12.4. The molecule has 27 heavy (non-hydrogen) atoms. The molecule has 1 fully saturated rings. The van der Waals surface area contributed by atoms with Crippen LogP contribution in [-0.4, -0.2) is 39.5 Å². The molecule has 0 radical (unpaired) electrons. The summed E-state index contributed by atoms with van der Waals surface area (Å²) in [5.41, 5.74) is 1.35. The van der Waals surface area contributed by atoms with Gasteiger partial charge in [0, 0.05) is 24.3 Å². The molecule has 0 bridgehead atoms. The SMILES string of the molecule is COc1cc2nn([C@H]3CC[C@H](CO)CC3)cc2cc1NC(=O)c1ncco1. The highest BCUT2D eigenvalue weighted by molar-refractivity contribution is 6.03. The van der Waals surface area contributed by atoms with Gasteiger partial charge in [-0.3, -0.25) is 9.48 Å². The Kier molecular flexibility index (Phi) is 4.81. The lowest BCUT2D eigenvalue weighted by Gasteiger charge is -2.27. The van der Waals surface area contributed by atoms with Crippen LogP contribution in [-0.2, 0) is 0 Å². The monoisotopic (exact) mass is 370 g/mol. The van der Waals surface area contributed by atoms with E-state index in [0.29, 0.717) is 23.4 Å². The van der Waals surface area contributed by atoms with Gasteiger partial charge < -0.3 is 19.6 Å². The zero-order chi connectivity index (χ0) is 18.8. The number of aliphatic hydroxyl groups is 1. The second kappa shape index (κ2) is 7.40. The number of hydrogen-bond acceptors (Lipinski definition) is 6. The van der Waals surface area contributed by atoms with Crippen molar-refractivity contribution in [3.63, 3.8) is 0 Å². The Labute approximate surface area is 156 Å². The smallest absolute Gasteiger partial charge is 0.311 e. The number of aromatic nitrogens is 3. The number of amides is 1. The van der Waals surface area contributed by atoms with Crippen molar-refractivity contribution in [2.45, 2.75) is 31.7 Å². The van der Waals surface area contributed by atoms with E-state index in [4.69, 9.17) is 14.3 Å². The second-order valence-electron chi connectivity index (χ2n) is 6.87. The summed E-state index contributed by atoms with van der Waals surface area (Å²) in [6.07, 6.45) is 8.81. The number of oxazole rings is 1. The van der Waals surface area contributed by atoms with Gasteiger partial charge in [0.2, 0.25) is 0 Å². The summed E-state index contributed by atoms with van der Waals surface area (Å²) in [6, 6.07) is 3.99. The molecular weight excluding hydrogens is 348 g/mol. The average Bonchev–Trinajstić information content (AvgIpc) is 3.37. The van der Waals surface area contributed by atoms with Gasteiger partial charge in [0.1, 0.15) is 12.0 Å². The highest BCUT2D eigenvalue weighted by atomic mass is 16.5. The summed E-state index contributed by atoms with van der Waals surface area (Å²) in [5, 5.41) is 17.7. The fourth-order valence-electron chi connectivity index (χ4n) is 3.63. The van der Waals surface area contributed by atoms with Crippen molar-refractivity contribution in [3.8, 4) is 5.75 Å². The minimum atomic E-state index is -0.438. The van der Waals surface area contributed by atoms with Gasteiger partial charge in [-0.25, -0.2) is 4.98 Å². The number of carbonyl (C=O) groups is 1. The maximum absolute atomic E-state index is 12.2. The van der Waals surface area contributed by atoms with E-state index in [1.165, 1.54) is 12.5 Å². The van der Waals surface area contributed by atoms with Crippen LogP contribution in [0, 0.1) is 5.92 Å². The quantitative estimate of drug-likeness (QED) is 0.716. The van der Waals surface area contributed by atoms with Crippen LogP contribution in [0.5, 0.6) is 5.75 Å². The van der Waals surface area contributed by atoms with Gasteiger partial charge in [-0.05, 0) is 37.7 Å². The van der Waals surface area contributed by atoms with Crippen LogP contribution >= 0.6 is 0 Å². The van der Waals surface area contributed by atoms with Crippen molar-refractivity contribution >= 4 is 22.5 Å². The Bertz CT molecular complexity index is 927. The van der Waals surface area contributed by atoms with E-state index in [1.54, 1.807) is 7.11 Å². The molecule has 3 aromatic rings. The van der Waals surface area contributed by atoms with E-state index in [0.717, 1.165) is 36.6 Å². The molecule has 0 spiro atoms. The maximum atomic E-state index is 12.2. The summed E-state index contributed by atoms with van der Waals surface area (Å²) in [7, 11) is 1.55. The molecule has 2 aromatic heterocycles. The van der Waals surface area contributed by atoms with Crippen LogP contribution in [0.15, 0.2) is 35.2 Å². The maximum Gasteiger partial charge on any atom is 0.311 e. The van der Waals surface area contributed by atoms with Crippen molar-refractivity contribution in [3.05, 3.63) is 36.7 Å². The summed E-state index contributed by atoms with van der Waals surface area (Å²) in [5.74, 6) is 0.487. The zero-order valence-corrected chi connectivity index (χ0v) is 15.1. The van der Waals surface area contributed by atoms with Crippen LogP contribution in [0.1, 0.15) is 42.4 Å². The summed E-state index contributed by atoms with van der Waals surface area (Å²) in [4.78, 5) is 16.1. The molecule has 142 valence electrons. The highest BCUT2D eigenvalue weighted by Gasteiger charge is 2.23. The largest absolute Gasteiger partial charge is 0.494 e. The molecule has 4 rings (SSSR count). The van der Waals surface area contributed by atoms with Crippen LogP contribution < -0.4 is 10.1 Å². The molecule has 1 amide bonds. The van der Waals surface area contributed by atoms with Gasteiger partial charge in [-0.1, -0.05) is 0 Å². The molecule has 1 aromatic carbocycles. The molecule has 8 nitrogen and oxygen atoms in total. The van der Waals surface area contributed by atoms with Crippen molar-refractivity contribution in [2.24, 2.45) is 5.92 Å². The molecule has 0 atom stereocenters. The van der Waals surface area contributed by atoms with Crippen molar-refractivity contribution < 1.29 is 19.1 Å². The number of benzene rings is 1. The van der Waals surface area contributed by atoms with Gasteiger partial charge in [-0.15, -0.1) is 0 Å². The van der Waals surface area contributed by atoms with Crippen LogP contribution in [0.3, 0.4) is 0 Å². The topological polar surface area (TPSA) is 102 Å². The first-order valence-electron chi connectivity index (χ1n) is 9.06. The lowest BCUT2D eigenvalue weighted by molar-refractivity contribution is 0.0990. The number of anilines is 1. The number of hydrogen-bond donors (Lipinski definition) is 2. The van der Waals surface area contributed by atoms with Crippen molar-refractivity contribution in [2.75, 3.05) is 19.0 Å². The highest BCUT2D eigenvalue weighted by Crippen LogP contribution is 2.34. The fraction of sp³-hybridized carbons (Fsp3) is 0.421. The van der Waals surface area contributed by atoms with Gasteiger partial charge in [0.25, 0.3) is 5.89 Å². The van der Waals surface area contributed by atoms with E-state index < -0.39 is 5.91 Å². The van der Waals surface area contributed by atoms with Crippen LogP contribution in [0.2, 0.25) is 0 Å². The molecule has 2 N–H and O–H groups in total. The molecular formula is C19H22N4O4. The molecule has 8 heteroatoms. The van der Waals surface area contributed by atoms with E-state index in [-0.39, 0.29) is 12.5 Å². The Morgan fingerprint density at radius 2 is 2.19 bits per heavy atom. The summed E-state index contributed by atoms with van der Waals surface area (Å²) in [6.45, 7) is 0.262. The van der Waals surface area contributed by atoms with Gasteiger partial charge >= 0.3 is 5.91 Å². The lowest BCUT2D eigenvalue weighted by atomic mass is 9.87. The van der Waals surface area contributed by atoms with E-state index in [1.807, 2.05) is 23.0 Å². The first kappa shape index (κ1) is 17.5. The predicted octanol–water partition coefficient (Wildman–Crippen LogP) is 3.01. The minimum absolute atomic E-state index is 0.00603.